The summed E-state index contributed by atoms with van der Waals surface area (Å²) in [4.78, 5) is 17.7. The zero-order chi connectivity index (χ0) is 23.9. The van der Waals surface area contributed by atoms with Crippen LogP contribution in [-0.4, -0.2) is 34.8 Å². The summed E-state index contributed by atoms with van der Waals surface area (Å²) >= 11 is 0. The SMILES string of the molecule is C=C(C(=O)N1CCc2cc(C(C)(C)C)cc([C@@H]3CCCN3)c2C1)/C(C)=C\N(C(=C)C)C1CC1. The molecule has 33 heavy (non-hydrogen) atoms. The molecule has 1 saturated heterocycles. The van der Waals surface area contributed by atoms with Crippen LogP contribution >= 0.6 is 0 Å². The minimum atomic E-state index is 0.0529. The maximum Gasteiger partial charge on any atom is 0.253 e. The third kappa shape index (κ3) is 5.11. The second-order valence-corrected chi connectivity index (χ2v) is 11.2. The summed E-state index contributed by atoms with van der Waals surface area (Å²) in [5.41, 5.74) is 8.21. The van der Waals surface area contributed by atoms with E-state index in [1.807, 2.05) is 18.7 Å². The number of hydrogen-bond donors (Lipinski definition) is 1. The van der Waals surface area contributed by atoms with E-state index in [4.69, 9.17) is 0 Å². The minimum Gasteiger partial charge on any atom is -0.349 e. The Labute approximate surface area is 200 Å². The van der Waals surface area contributed by atoms with Gasteiger partial charge in [0.2, 0.25) is 0 Å². The summed E-state index contributed by atoms with van der Waals surface area (Å²) in [5, 5.41) is 3.69. The molecule has 3 aliphatic rings. The maximum absolute atomic E-state index is 13.5. The highest BCUT2D eigenvalue weighted by atomic mass is 16.2. The summed E-state index contributed by atoms with van der Waals surface area (Å²) in [7, 11) is 0. The molecule has 0 unspecified atom stereocenters. The third-order valence-electron chi connectivity index (χ3n) is 7.41. The Kier molecular flexibility index (Phi) is 6.59. The number of nitrogens with one attached hydrogen (secondary N) is 1. The van der Waals surface area contributed by atoms with Gasteiger partial charge in [0.25, 0.3) is 5.91 Å². The maximum atomic E-state index is 13.5. The normalized spacial score (nSPS) is 21.1. The molecule has 4 rings (SSSR count). The van der Waals surface area contributed by atoms with Gasteiger partial charge in [0, 0.05) is 42.6 Å². The molecule has 1 amide bonds. The molecule has 2 fully saturated rings. The van der Waals surface area contributed by atoms with Gasteiger partial charge in [0.15, 0.2) is 0 Å². The van der Waals surface area contributed by atoms with Gasteiger partial charge in [-0.15, -0.1) is 0 Å². The van der Waals surface area contributed by atoms with E-state index in [1.165, 1.54) is 47.9 Å². The number of fused-ring (bicyclic) bond motifs is 1. The number of carbonyl (C=O) groups is 1. The second-order valence-electron chi connectivity index (χ2n) is 11.2. The molecule has 178 valence electrons. The molecule has 0 radical (unpaired) electrons. The van der Waals surface area contributed by atoms with Crippen molar-refractivity contribution in [3.8, 4) is 0 Å². The van der Waals surface area contributed by atoms with Crippen LogP contribution in [0.4, 0.5) is 0 Å². The van der Waals surface area contributed by atoms with Gasteiger partial charge < -0.3 is 15.1 Å². The van der Waals surface area contributed by atoms with Crippen LogP contribution in [0, 0.1) is 0 Å². The predicted molar refractivity (Wildman–Crippen MR) is 137 cm³/mol. The second kappa shape index (κ2) is 9.13. The average Bonchev–Trinajstić information content (AvgIpc) is 3.46. The van der Waals surface area contributed by atoms with Crippen molar-refractivity contribution in [2.75, 3.05) is 13.1 Å². The molecule has 1 aromatic rings. The molecule has 1 aliphatic carbocycles. The smallest absolute Gasteiger partial charge is 0.253 e. The van der Waals surface area contributed by atoms with Gasteiger partial charge in [0.05, 0.1) is 0 Å². The third-order valence-corrected chi connectivity index (χ3v) is 7.41. The van der Waals surface area contributed by atoms with Crippen molar-refractivity contribution < 1.29 is 4.79 Å². The summed E-state index contributed by atoms with van der Waals surface area (Å²) in [6.07, 6.45) is 7.73. The number of carbonyl (C=O) groups excluding carboxylic acids is 1. The molecule has 0 bridgehead atoms. The Morgan fingerprint density at radius 1 is 1.18 bits per heavy atom. The number of hydrogen-bond acceptors (Lipinski definition) is 3. The first-order chi connectivity index (χ1) is 15.6. The highest BCUT2D eigenvalue weighted by molar-refractivity contribution is 5.97. The van der Waals surface area contributed by atoms with E-state index in [0.29, 0.717) is 24.2 Å². The van der Waals surface area contributed by atoms with Crippen molar-refractivity contribution in [3.63, 3.8) is 0 Å². The highest BCUT2D eigenvalue weighted by Gasteiger charge is 2.31. The zero-order valence-electron chi connectivity index (χ0n) is 21.3. The summed E-state index contributed by atoms with van der Waals surface area (Å²) in [5.74, 6) is 0.0529. The standard InChI is InChI=1S/C29H41N3O/c1-19(2)32(24-10-11-24)17-20(3)21(4)28(33)31-14-12-22-15-23(29(5,6)7)16-25(26(22)18-31)27-9-8-13-30-27/h15-17,24,27,30H,1,4,8-14,18H2,2-3,5-7H3/b20-17-/t27-/m0/s1. The van der Waals surface area contributed by atoms with E-state index < -0.39 is 0 Å². The fourth-order valence-corrected chi connectivity index (χ4v) is 5.09. The first-order valence-electron chi connectivity index (χ1n) is 12.6. The van der Waals surface area contributed by atoms with Crippen LogP contribution in [-0.2, 0) is 23.2 Å². The van der Waals surface area contributed by atoms with Crippen LogP contribution in [0.5, 0.6) is 0 Å². The Morgan fingerprint density at radius 3 is 2.48 bits per heavy atom. The zero-order valence-corrected chi connectivity index (χ0v) is 21.3. The van der Waals surface area contributed by atoms with E-state index in [1.54, 1.807) is 0 Å². The summed E-state index contributed by atoms with van der Waals surface area (Å²) in [6, 6.07) is 5.70. The minimum absolute atomic E-state index is 0.0529. The first-order valence-corrected chi connectivity index (χ1v) is 12.6. The Morgan fingerprint density at radius 2 is 1.91 bits per heavy atom. The molecular weight excluding hydrogens is 406 g/mol. The molecule has 4 nitrogen and oxygen atoms in total. The van der Waals surface area contributed by atoms with Crippen molar-refractivity contribution in [1.29, 1.82) is 0 Å². The lowest BCUT2D eigenvalue weighted by atomic mass is 9.80. The van der Waals surface area contributed by atoms with Crippen molar-refractivity contribution in [3.05, 3.63) is 70.6 Å². The van der Waals surface area contributed by atoms with Gasteiger partial charge >= 0.3 is 0 Å². The summed E-state index contributed by atoms with van der Waals surface area (Å²) in [6.45, 7) is 21.7. The van der Waals surface area contributed by atoms with E-state index in [-0.39, 0.29) is 11.3 Å². The van der Waals surface area contributed by atoms with Gasteiger partial charge in [-0.1, -0.05) is 46.1 Å². The fourth-order valence-electron chi connectivity index (χ4n) is 5.09. The van der Waals surface area contributed by atoms with E-state index in [2.05, 4.69) is 62.5 Å². The molecule has 0 spiro atoms. The largest absolute Gasteiger partial charge is 0.349 e. The first kappa shape index (κ1) is 23.8. The van der Waals surface area contributed by atoms with Crippen LogP contribution in [0.3, 0.4) is 0 Å². The van der Waals surface area contributed by atoms with E-state index in [9.17, 15) is 4.79 Å². The van der Waals surface area contributed by atoms with Gasteiger partial charge in [0.1, 0.15) is 0 Å². The summed E-state index contributed by atoms with van der Waals surface area (Å²) < 4.78 is 0. The highest BCUT2D eigenvalue weighted by Crippen LogP contribution is 2.36. The van der Waals surface area contributed by atoms with E-state index in [0.717, 1.165) is 30.8 Å². The van der Waals surface area contributed by atoms with Crippen molar-refractivity contribution in [2.45, 2.75) is 90.8 Å². The number of nitrogens with zero attached hydrogens (tertiary/aromatic N) is 2. The molecule has 1 aromatic carbocycles. The van der Waals surface area contributed by atoms with Crippen molar-refractivity contribution in [1.82, 2.24) is 15.1 Å². The Balaban J connectivity index is 1.58. The topological polar surface area (TPSA) is 35.6 Å². The molecule has 4 heteroatoms. The molecule has 1 atom stereocenters. The van der Waals surface area contributed by atoms with Crippen molar-refractivity contribution in [2.24, 2.45) is 0 Å². The van der Waals surface area contributed by atoms with Crippen LogP contribution < -0.4 is 5.32 Å². The molecule has 2 aliphatic heterocycles. The van der Waals surface area contributed by atoms with Gasteiger partial charge in [-0.3, -0.25) is 4.79 Å². The van der Waals surface area contributed by atoms with Gasteiger partial charge in [-0.25, -0.2) is 0 Å². The number of allylic oxidation sites excluding steroid dienone is 1. The van der Waals surface area contributed by atoms with Crippen LogP contribution in [0.15, 0.2) is 48.3 Å². The molecule has 1 saturated carbocycles. The van der Waals surface area contributed by atoms with Crippen LogP contribution in [0.1, 0.15) is 88.6 Å². The molecule has 1 N–H and O–H groups in total. The fraction of sp³-hybridized carbons (Fsp3) is 0.552. The lowest BCUT2D eigenvalue weighted by molar-refractivity contribution is -0.127. The van der Waals surface area contributed by atoms with Gasteiger partial charge in [-0.2, -0.15) is 0 Å². The van der Waals surface area contributed by atoms with E-state index >= 15 is 0 Å². The quantitative estimate of drug-likeness (QED) is 0.445. The average molecular weight is 448 g/mol. The number of amides is 1. The predicted octanol–water partition coefficient (Wildman–Crippen LogP) is 5.75. The Bertz CT molecular complexity index is 987. The number of rotatable bonds is 6. The molecule has 0 aromatic heterocycles. The molecule has 2 heterocycles. The lowest BCUT2D eigenvalue weighted by Crippen LogP contribution is -2.38. The van der Waals surface area contributed by atoms with Crippen LogP contribution in [0.25, 0.3) is 0 Å². The monoisotopic (exact) mass is 447 g/mol. The Hall–Kier alpha value is -2.33. The van der Waals surface area contributed by atoms with Crippen LogP contribution in [0.2, 0.25) is 0 Å². The number of benzene rings is 1. The molecular formula is C29H41N3O. The lowest BCUT2D eigenvalue weighted by Gasteiger charge is -2.34. The van der Waals surface area contributed by atoms with Gasteiger partial charge in [-0.05, 0) is 85.7 Å². The van der Waals surface area contributed by atoms with Crippen molar-refractivity contribution >= 4 is 5.91 Å².